The Labute approximate surface area is 202 Å². The van der Waals surface area contributed by atoms with Crippen molar-refractivity contribution in [2.75, 3.05) is 13.2 Å². The molecule has 11 N–H and O–H groups in total. The number of hydrogen-bond acceptors (Lipinski definition) is 8. The second kappa shape index (κ2) is 15.4. The summed E-state index contributed by atoms with van der Waals surface area (Å²) in [6.45, 7) is -0.467. The number of amides is 4. The predicted molar refractivity (Wildman–Crippen MR) is 125 cm³/mol. The molecule has 0 fully saturated rings. The second-order valence-corrected chi connectivity index (χ2v) is 7.96. The van der Waals surface area contributed by atoms with Gasteiger partial charge in [0.15, 0.2) is 0 Å². The van der Waals surface area contributed by atoms with E-state index in [9.17, 15) is 34.2 Å². The highest BCUT2D eigenvalue weighted by Gasteiger charge is 2.30. The van der Waals surface area contributed by atoms with Gasteiger partial charge in [-0.15, -0.1) is 0 Å². The summed E-state index contributed by atoms with van der Waals surface area (Å²) >= 11 is 0. The monoisotopic (exact) mass is 494 g/mol. The summed E-state index contributed by atoms with van der Waals surface area (Å²) in [7, 11) is 0. The number of carboxylic acids is 1. The molecule has 13 nitrogen and oxygen atoms in total. The first-order valence-corrected chi connectivity index (χ1v) is 11.1. The third-order valence-electron chi connectivity index (χ3n) is 5.05. The number of aliphatic hydroxyl groups excluding tert-OH is 1. The lowest BCUT2D eigenvalue weighted by Crippen LogP contribution is -2.58. The molecule has 194 valence electrons. The predicted octanol–water partition coefficient (Wildman–Crippen LogP) is -2.91. The van der Waals surface area contributed by atoms with Gasteiger partial charge in [0, 0.05) is 6.42 Å². The molecule has 0 spiro atoms. The van der Waals surface area contributed by atoms with Crippen LogP contribution >= 0.6 is 0 Å². The molecule has 0 aromatic heterocycles. The van der Waals surface area contributed by atoms with Gasteiger partial charge in [0.2, 0.25) is 23.6 Å². The number of benzene rings is 1. The van der Waals surface area contributed by atoms with Crippen LogP contribution in [0.3, 0.4) is 0 Å². The molecule has 0 radical (unpaired) electrons. The second-order valence-electron chi connectivity index (χ2n) is 7.96. The van der Waals surface area contributed by atoms with Crippen molar-refractivity contribution in [3.8, 4) is 0 Å². The number of carbonyl (C=O) groups is 5. The van der Waals surface area contributed by atoms with E-state index in [1.807, 2.05) is 0 Å². The number of aliphatic carboxylic acids is 1. The molecule has 35 heavy (non-hydrogen) atoms. The Morgan fingerprint density at radius 3 is 1.97 bits per heavy atom. The zero-order valence-corrected chi connectivity index (χ0v) is 19.3. The SMILES string of the molecule is NCCCCC(NC(=O)C(CO)NC(=O)C(N)CC(N)=O)C(=O)NC(Cc1ccccc1)C(=O)O. The number of primary amides is 1. The van der Waals surface area contributed by atoms with Crippen LogP contribution in [-0.4, -0.2) is 77.1 Å². The van der Waals surface area contributed by atoms with Gasteiger partial charge in [-0.05, 0) is 31.4 Å². The highest BCUT2D eigenvalue weighted by Crippen LogP contribution is 2.07. The number of nitrogens with two attached hydrogens (primary N) is 3. The molecule has 1 aromatic carbocycles. The van der Waals surface area contributed by atoms with Gasteiger partial charge in [0.05, 0.1) is 19.1 Å². The summed E-state index contributed by atoms with van der Waals surface area (Å²) in [6, 6.07) is 3.50. The fraction of sp³-hybridized carbons (Fsp3) is 0.500. The lowest BCUT2D eigenvalue weighted by molar-refractivity contribution is -0.142. The van der Waals surface area contributed by atoms with Crippen LogP contribution < -0.4 is 33.2 Å². The van der Waals surface area contributed by atoms with Crippen LogP contribution in [0, 0.1) is 0 Å². The Bertz CT molecular complexity index is 867. The Hall–Kier alpha value is -3.55. The smallest absolute Gasteiger partial charge is 0.326 e. The summed E-state index contributed by atoms with van der Waals surface area (Å²) in [5.41, 5.74) is 16.7. The van der Waals surface area contributed by atoms with Crippen LogP contribution in [0.1, 0.15) is 31.2 Å². The normalized spacial score (nSPS) is 14.1. The summed E-state index contributed by atoms with van der Waals surface area (Å²) in [5.74, 6) is -4.60. The highest BCUT2D eigenvalue weighted by atomic mass is 16.4. The molecule has 0 bridgehead atoms. The molecule has 4 unspecified atom stereocenters. The van der Waals surface area contributed by atoms with Crippen molar-refractivity contribution in [2.45, 2.75) is 56.3 Å². The molecular formula is C22H34N6O7. The number of nitrogens with one attached hydrogen (secondary N) is 3. The number of unbranched alkanes of at least 4 members (excludes halogenated alkanes) is 1. The highest BCUT2D eigenvalue weighted by molar-refractivity contribution is 5.95. The van der Waals surface area contributed by atoms with Crippen molar-refractivity contribution in [1.82, 2.24) is 16.0 Å². The topological polar surface area (TPSA) is 240 Å². The van der Waals surface area contributed by atoms with E-state index in [4.69, 9.17) is 17.2 Å². The van der Waals surface area contributed by atoms with Crippen molar-refractivity contribution in [3.63, 3.8) is 0 Å². The zero-order valence-electron chi connectivity index (χ0n) is 19.3. The average Bonchev–Trinajstić information content (AvgIpc) is 2.81. The number of hydrogen-bond donors (Lipinski definition) is 8. The molecule has 0 saturated carbocycles. The Morgan fingerprint density at radius 1 is 0.857 bits per heavy atom. The van der Waals surface area contributed by atoms with Crippen LogP contribution in [0.4, 0.5) is 0 Å². The number of carbonyl (C=O) groups excluding carboxylic acids is 4. The van der Waals surface area contributed by atoms with Crippen molar-refractivity contribution < 1.29 is 34.2 Å². The lowest BCUT2D eigenvalue weighted by Gasteiger charge is -2.24. The van der Waals surface area contributed by atoms with E-state index < -0.39 is 66.8 Å². The van der Waals surface area contributed by atoms with Gasteiger partial charge in [0.25, 0.3) is 0 Å². The van der Waals surface area contributed by atoms with E-state index in [0.29, 0.717) is 24.9 Å². The standard InChI is InChI=1S/C22H34N6O7/c23-9-5-4-8-15(20(32)27-16(22(34)35)10-13-6-2-1-3-7-13)26-21(33)17(12-29)28-19(31)14(24)11-18(25)30/h1-3,6-7,14-17,29H,4-5,8-12,23-24H2,(H2,25,30)(H,26,33)(H,27,32)(H,28,31)(H,34,35). The van der Waals surface area contributed by atoms with E-state index in [1.54, 1.807) is 30.3 Å². The van der Waals surface area contributed by atoms with E-state index in [0.717, 1.165) is 0 Å². The summed E-state index contributed by atoms with van der Waals surface area (Å²) in [5, 5.41) is 26.2. The minimum atomic E-state index is -1.47. The van der Waals surface area contributed by atoms with Crippen molar-refractivity contribution in [3.05, 3.63) is 35.9 Å². The van der Waals surface area contributed by atoms with Gasteiger partial charge in [-0.1, -0.05) is 30.3 Å². The lowest BCUT2D eigenvalue weighted by atomic mass is 10.0. The summed E-state index contributed by atoms with van der Waals surface area (Å²) < 4.78 is 0. The van der Waals surface area contributed by atoms with E-state index >= 15 is 0 Å². The number of carboxylic acid groups (broad SMARTS) is 1. The van der Waals surface area contributed by atoms with Gasteiger partial charge < -0.3 is 43.4 Å². The van der Waals surface area contributed by atoms with Crippen molar-refractivity contribution in [1.29, 1.82) is 0 Å². The molecule has 0 aliphatic carbocycles. The molecule has 0 aliphatic heterocycles. The third-order valence-corrected chi connectivity index (χ3v) is 5.05. The largest absolute Gasteiger partial charge is 0.480 e. The molecule has 0 heterocycles. The third kappa shape index (κ3) is 10.9. The van der Waals surface area contributed by atoms with Gasteiger partial charge in [0.1, 0.15) is 18.1 Å². The molecule has 13 heteroatoms. The number of rotatable bonds is 16. The quantitative estimate of drug-likeness (QED) is 0.110. The maximum atomic E-state index is 12.9. The van der Waals surface area contributed by atoms with Crippen molar-refractivity contribution in [2.24, 2.45) is 17.2 Å². The molecule has 1 aromatic rings. The first-order chi connectivity index (χ1) is 16.6. The first kappa shape index (κ1) is 29.5. The van der Waals surface area contributed by atoms with Crippen LogP contribution in [0.25, 0.3) is 0 Å². The van der Waals surface area contributed by atoms with E-state index in [2.05, 4.69) is 16.0 Å². The average molecular weight is 495 g/mol. The zero-order chi connectivity index (χ0) is 26.4. The van der Waals surface area contributed by atoms with Crippen LogP contribution in [-0.2, 0) is 30.4 Å². The molecule has 4 amide bonds. The molecule has 0 aliphatic rings. The molecule has 0 saturated heterocycles. The fourth-order valence-corrected chi connectivity index (χ4v) is 3.14. The summed E-state index contributed by atoms with van der Waals surface area (Å²) in [6.07, 6.45) is 0.699. The minimum Gasteiger partial charge on any atom is -0.480 e. The van der Waals surface area contributed by atoms with Crippen LogP contribution in [0.5, 0.6) is 0 Å². The van der Waals surface area contributed by atoms with Crippen molar-refractivity contribution >= 4 is 29.6 Å². The van der Waals surface area contributed by atoms with Gasteiger partial charge in [-0.25, -0.2) is 4.79 Å². The maximum absolute atomic E-state index is 12.9. The fourth-order valence-electron chi connectivity index (χ4n) is 3.14. The Balaban J connectivity index is 2.90. The van der Waals surface area contributed by atoms with Gasteiger partial charge in [-0.2, -0.15) is 0 Å². The Kier molecular flexibility index (Phi) is 12.9. The molecule has 4 atom stereocenters. The van der Waals surface area contributed by atoms with Crippen LogP contribution in [0.15, 0.2) is 30.3 Å². The maximum Gasteiger partial charge on any atom is 0.326 e. The van der Waals surface area contributed by atoms with Gasteiger partial charge in [-0.3, -0.25) is 19.2 Å². The molecule has 1 rings (SSSR count). The minimum absolute atomic E-state index is 0.0262. The van der Waals surface area contributed by atoms with E-state index in [-0.39, 0.29) is 12.8 Å². The van der Waals surface area contributed by atoms with Crippen LogP contribution in [0.2, 0.25) is 0 Å². The molecular weight excluding hydrogens is 460 g/mol. The Morgan fingerprint density at radius 2 is 1.43 bits per heavy atom. The van der Waals surface area contributed by atoms with Gasteiger partial charge >= 0.3 is 5.97 Å². The first-order valence-electron chi connectivity index (χ1n) is 11.1. The van der Waals surface area contributed by atoms with E-state index in [1.165, 1.54) is 0 Å². The number of aliphatic hydroxyl groups is 1. The summed E-state index contributed by atoms with van der Waals surface area (Å²) in [4.78, 5) is 60.3.